The lowest BCUT2D eigenvalue weighted by atomic mass is 10.1. The number of benzene rings is 2. The second kappa shape index (κ2) is 6.56. The van der Waals surface area contributed by atoms with Crippen LogP contribution in [0.3, 0.4) is 0 Å². The zero-order valence-corrected chi connectivity index (χ0v) is 16.8. The van der Waals surface area contributed by atoms with Crippen molar-refractivity contribution < 1.29 is 13.2 Å². The molecule has 1 aliphatic carbocycles. The number of amides is 1. The van der Waals surface area contributed by atoms with Crippen LogP contribution >= 0.6 is 0 Å². The largest absolute Gasteiger partial charge is 0.330 e. The van der Waals surface area contributed by atoms with E-state index in [2.05, 4.69) is 4.98 Å². The van der Waals surface area contributed by atoms with Crippen LogP contribution in [0.1, 0.15) is 31.5 Å². The van der Waals surface area contributed by atoms with Crippen LogP contribution < -0.4 is 4.31 Å². The molecular weight excluding hydrogens is 386 g/mol. The summed E-state index contributed by atoms with van der Waals surface area (Å²) in [6, 6.07) is 16.3. The summed E-state index contributed by atoms with van der Waals surface area (Å²) in [6.45, 7) is 1.75. The quantitative estimate of drug-likeness (QED) is 0.649. The van der Waals surface area contributed by atoms with Crippen molar-refractivity contribution in [3.63, 3.8) is 0 Å². The predicted molar refractivity (Wildman–Crippen MR) is 111 cm³/mol. The summed E-state index contributed by atoms with van der Waals surface area (Å²) in [5, 5.41) is 1.55. The van der Waals surface area contributed by atoms with Gasteiger partial charge in [0.25, 0.3) is 10.0 Å². The summed E-state index contributed by atoms with van der Waals surface area (Å²) in [4.78, 5) is 19.8. The van der Waals surface area contributed by atoms with Crippen molar-refractivity contribution >= 4 is 32.4 Å². The van der Waals surface area contributed by atoms with Gasteiger partial charge >= 0.3 is 0 Å². The fourth-order valence-corrected chi connectivity index (χ4v) is 5.85. The Morgan fingerprint density at radius 1 is 1.14 bits per heavy atom. The summed E-state index contributed by atoms with van der Waals surface area (Å²) in [5.74, 6) is -0.195. The number of pyridine rings is 1. The average Bonchev–Trinajstić information content (AvgIpc) is 3.53. The van der Waals surface area contributed by atoms with Crippen molar-refractivity contribution in [3.8, 4) is 0 Å². The first-order chi connectivity index (χ1) is 14.0. The third-order valence-corrected chi connectivity index (χ3v) is 7.52. The van der Waals surface area contributed by atoms with E-state index >= 15 is 0 Å². The normalized spacial score (nSPS) is 18.0. The average molecular weight is 407 g/mol. The first-order valence-electron chi connectivity index (χ1n) is 9.75. The van der Waals surface area contributed by atoms with Crippen LogP contribution in [0.5, 0.6) is 0 Å². The van der Waals surface area contributed by atoms with Gasteiger partial charge in [0, 0.05) is 17.6 Å². The molecule has 2 aliphatic rings. The van der Waals surface area contributed by atoms with Crippen molar-refractivity contribution in [1.29, 1.82) is 0 Å². The summed E-state index contributed by atoms with van der Waals surface area (Å²) in [6.07, 6.45) is 3.58. The van der Waals surface area contributed by atoms with Crippen LogP contribution in [-0.4, -0.2) is 36.8 Å². The Bertz CT molecular complexity index is 1200. The maximum absolute atomic E-state index is 13.3. The maximum Gasteiger partial charge on any atom is 0.265 e. The molecule has 1 atom stereocenters. The van der Waals surface area contributed by atoms with Gasteiger partial charge in [-0.2, -0.15) is 0 Å². The minimum Gasteiger partial charge on any atom is -0.330 e. The molecule has 5 rings (SSSR count). The molecule has 1 fully saturated rings. The Balaban J connectivity index is 1.50. The molecule has 7 heteroatoms. The maximum atomic E-state index is 13.3. The van der Waals surface area contributed by atoms with Crippen LogP contribution in [0, 0.1) is 0 Å². The second-order valence-electron chi connectivity index (χ2n) is 7.61. The van der Waals surface area contributed by atoms with Gasteiger partial charge < -0.3 is 4.90 Å². The molecule has 0 bridgehead atoms. The van der Waals surface area contributed by atoms with Crippen LogP contribution in [0.4, 0.5) is 5.69 Å². The Kier molecular flexibility index (Phi) is 4.10. The summed E-state index contributed by atoms with van der Waals surface area (Å²) < 4.78 is 27.6. The van der Waals surface area contributed by atoms with Crippen LogP contribution in [0.15, 0.2) is 65.7 Å². The molecule has 1 aromatic heterocycles. The predicted octanol–water partition coefficient (Wildman–Crippen LogP) is 3.50. The lowest BCUT2D eigenvalue weighted by Gasteiger charge is -2.31. The topological polar surface area (TPSA) is 70.6 Å². The molecule has 0 radical (unpaired) electrons. The minimum atomic E-state index is -3.75. The Morgan fingerprint density at radius 3 is 2.59 bits per heavy atom. The van der Waals surface area contributed by atoms with E-state index < -0.39 is 10.0 Å². The van der Waals surface area contributed by atoms with Crippen LogP contribution in [-0.2, 0) is 14.8 Å². The summed E-state index contributed by atoms with van der Waals surface area (Å²) >= 11 is 0. The number of sulfonamides is 1. The zero-order valence-electron chi connectivity index (χ0n) is 16.0. The fraction of sp³-hybridized carbons (Fsp3) is 0.273. The van der Waals surface area contributed by atoms with E-state index in [9.17, 15) is 13.2 Å². The second-order valence-corrected chi connectivity index (χ2v) is 9.44. The van der Waals surface area contributed by atoms with E-state index in [-0.39, 0.29) is 29.4 Å². The third kappa shape index (κ3) is 2.88. The molecule has 1 unspecified atom stereocenters. The Hall–Kier alpha value is -2.93. The van der Waals surface area contributed by atoms with Gasteiger partial charge in [0.15, 0.2) is 0 Å². The van der Waals surface area contributed by atoms with Crippen LogP contribution in [0.25, 0.3) is 10.8 Å². The highest BCUT2D eigenvalue weighted by Crippen LogP contribution is 2.42. The fourth-order valence-electron chi connectivity index (χ4n) is 4.19. The molecule has 2 heterocycles. The van der Waals surface area contributed by atoms with Gasteiger partial charge in [-0.15, -0.1) is 0 Å². The number of anilines is 1. The monoisotopic (exact) mass is 407 g/mol. The van der Waals surface area contributed by atoms with E-state index in [1.807, 2.05) is 43.3 Å². The molecule has 1 amide bonds. The number of hydrogen-bond donors (Lipinski definition) is 0. The number of rotatable bonds is 5. The molecule has 148 valence electrons. The highest BCUT2D eigenvalue weighted by atomic mass is 32.2. The van der Waals surface area contributed by atoms with Crippen LogP contribution in [0.2, 0.25) is 0 Å². The van der Waals surface area contributed by atoms with Gasteiger partial charge in [-0.25, -0.2) is 8.42 Å². The van der Waals surface area contributed by atoms with Crippen molar-refractivity contribution in [2.24, 2.45) is 0 Å². The number of carbonyl (C=O) groups is 1. The highest BCUT2D eigenvalue weighted by Gasteiger charge is 2.41. The molecule has 2 aromatic carbocycles. The lowest BCUT2D eigenvalue weighted by Crippen LogP contribution is -2.44. The SMILES string of the molecule is CC(c1ccccn1)N(C(=O)CN1c2cccc3cccc(c23)S1(=O)=O)C1CC1. The van der Waals surface area contributed by atoms with E-state index in [4.69, 9.17) is 0 Å². The van der Waals surface area contributed by atoms with Gasteiger partial charge in [0.05, 0.1) is 22.3 Å². The molecule has 29 heavy (non-hydrogen) atoms. The molecule has 0 N–H and O–H groups in total. The smallest absolute Gasteiger partial charge is 0.265 e. The molecular formula is C22H21N3O3S. The van der Waals surface area contributed by atoms with Gasteiger partial charge in [-0.3, -0.25) is 14.1 Å². The zero-order chi connectivity index (χ0) is 20.2. The van der Waals surface area contributed by atoms with E-state index in [1.165, 1.54) is 4.31 Å². The first kappa shape index (κ1) is 18.1. The number of carbonyl (C=O) groups excluding carboxylic acids is 1. The standard InChI is InChI=1S/C22H21N3O3S/c1-15(18-8-2-3-13-23-18)25(17-11-12-17)21(26)14-24-19-9-4-6-16-7-5-10-20(22(16)19)29(24,27)28/h2-10,13,15,17H,11-12,14H2,1H3. The summed E-state index contributed by atoms with van der Waals surface area (Å²) in [5.41, 5.74) is 1.38. The molecule has 0 spiro atoms. The summed E-state index contributed by atoms with van der Waals surface area (Å²) in [7, 11) is -3.75. The van der Waals surface area contributed by atoms with Gasteiger partial charge in [-0.1, -0.05) is 30.3 Å². The van der Waals surface area contributed by atoms with Gasteiger partial charge in [-0.05, 0) is 49.4 Å². The first-order valence-corrected chi connectivity index (χ1v) is 11.2. The molecule has 1 saturated carbocycles. The molecule has 0 saturated heterocycles. The third-order valence-electron chi connectivity index (χ3n) is 5.72. The molecule has 6 nitrogen and oxygen atoms in total. The van der Waals surface area contributed by atoms with Gasteiger partial charge in [0.2, 0.25) is 5.91 Å². The number of hydrogen-bond acceptors (Lipinski definition) is 4. The van der Waals surface area contributed by atoms with E-state index in [1.54, 1.807) is 29.3 Å². The number of aromatic nitrogens is 1. The van der Waals surface area contributed by atoms with E-state index in [0.29, 0.717) is 11.1 Å². The molecule has 1 aliphatic heterocycles. The van der Waals surface area contributed by atoms with Crippen molar-refractivity contribution in [2.75, 3.05) is 10.8 Å². The van der Waals surface area contributed by atoms with Crippen molar-refractivity contribution in [1.82, 2.24) is 9.88 Å². The minimum absolute atomic E-state index is 0.142. The lowest BCUT2D eigenvalue weighted by molar-refractivity contribution is -0.132. The van der Waals surface area contributed by atoms with E-state index in [0.717, 1.165) is 23.9 Å². The van der Waals surface area contributed by atoms with Gasteiger partial charge in [0.1, 0.15) is 6.54 Å². The highest BCUT2D eigenvalue weighted by molar-refractivity contribution is 7.93. The Morgan fingerprint density at radius 2 is 1.90 bits per heavy atom. The van der Waals surface area contributed by atoms with Crippen molar-refractivity contribution in [3.05, 3.63) is 66.5 Å². The molecule has 3 aromatic rings. The Labute approximate surface area is 169 Å². The number of nitrogens with zero attached hydrogens (tertiary/aromatic N) is 3. The van der Waals surface area contributed by atoms with Crippen molar-refractivity contribution in [2.45, 2.75) is 36.7 Å².